The lowest BCUT2D eigenvalue weighted by Gasteiger charge is -2.30. The molecule has 156 valence electrons. The van der Waals surface area contributed by atoms with Gasteiger partial charge < -0.3 is 19.7 Å². The van der Waals surface area contributed by atoms with E-state index in [0.29, 0.717) is 29.5 Å². The third-order valence-electron chi connectivity index (χ3n) is 4.42. The highest BCUT2D eigenvalue weighted by atomic mass is 35.5. The van der Waals surface area contributed by atoms with E-state index in [4.69, 9.17) is 21.1 Å². The van der Waals surface area contributed by atoms with E-state index in [2.05, 4.69) is 5.32 Å². The molecule has 0 spiro atoms. The fraction of sp³-hybridized carbons (Fsp3) is 0.364. The average Bonchev–Trinajstić information content (AvgIpc) is 2.73. The predicted molar refractivity (Wildman–Crippen MR) is 113 cm³/mol. The third kappa shape index (κ3) is 6.39. The molecule has 1 N–H and O–H groups in total. The number of rotatable bonds is 10. The largest absolute Gasteiger partial charge is 0.493 e. The normalized spacial score (nSPS) is 11.4. The summed E-state index contributed by atoms with van der Waals surface area (Å²) in [5, 5.41) is 3.42. The highest BCUT2D eigenvalue weighted by Gasteiger charge is 2.28. The molecular formula is C22H27ClN2O4. The van der Waals surface area contributed by atoms with E-state index in [1.165, 1.54) is 0 Å². The molecular weight excluding hydrogens is 392 g/mol. The Balaban J connectivity index is 2.20. The maximum atomic E-state index is 13.1. The van der Waals surface area contributed by atoms with E-state index in [9.17, 15) is 9.59 Å². The summed E-state index contributed by atoms with van der Waals surface area (Å²) in [5.41, 5.74) is 0.878. The summed E-state index contributed by atoms with van der Waals surface area (Å²) in [6, 6.07) is 13.7. The molecule has 2 rings (SSSR count). The van der Waals surface area contributed by atoms with Crippen LogP contribution >= 0.6 is 11.6 Å². The molecule has 0 aliphatic rings. The van der Waals surface area contributed by atoms with Gasteiger partial charge in [0.25, 0.3) is 5.91 Å². The Morgan fingerprint density at radius 3 is 2.31 bits per heavy atom. The van der Waals surface area contributed by atoms with Gasteiger partial charge in [0.1, 0.15) is 6.04 Å². The Hall–Kier alpha value is -2.73. The summed E-state index contributed by atoms with van der Waals surface area (Å²) in [7, 11) is 1.54. The molecule has 2 aromatic carbocycles. The van der Waals surface area contributed by atoms with Crippen LogP contribution in [0.2, 0.25) is 5.02 Å². The van der Waals surface area contributed by atoms with Crippen LogP contribution in [0.5, 0.6) is 11.5 Å². The fourth-order valence-electron chi connectivity index (χ4n) is 2.96. The van der Waals surface area contributed by atoms with Gasteiger partial charge in [0.05, 0.1) is 7.11 Å². The summed E-state index contributed by atoms with van der Waals surface area (Å²) in [6.45, 7) is 4.30. The summed E-state index contributed by atoms with van der Waals surface area (Å²) in [5.74, 6) is 0.541. The van der Waals surface area contributed by atoms with Gasteiger partial charge in [0.15, 0.2) is 18.1 Å². The number of hydrogen-bond donors (Lipinski definition) is 1. The summed E-state index contributed by atoms with van der Waals surface area (Å²) in [4.78, 5) is 27.1. The van der Waals surface area contributed by atoms with Gasteiger partial charge >= 0.3 is 0 Å². The third-order valence-corrected chi connectivity index (χ3v) is 4.68. The van der Waals surface area contributed by atoms with E-state index in [1.54, 1.807) is 42.3 Å². The van der Waals surface area contributed by atoms with Crippen molar-refractivity contribution < 1.29 is 19.1 Å². The first-order valence-electron chi connectivity index (χ1n) is 9.57. The van der Waals surface area contributed by atoms with Gasteiger partial charge in [-0.1, -0.05) is 42.8 Å². The lowest BCUT2D eigenvalue weighted by molar-refractivity contribution is -0.142. The maximum absolute atomic E-state index is 13.1. The number of ether oxygens (including phenoxy) is 2. The van der Waals surface area contributed by atoms with Gasteiger partial charge in [-0.2, -0.15) is 0 Å². The molecule has 0 saturated carbocycles. The monoisotopic (exact) mass is 418 g/mol. The minimum Gasteiger partial charge on any atom is -0.493 e. The molecule has 0 heterocycles. The number of benzene rings is 2. The van der Waals surface area contributed by atoms with Crippen molar-refractivity contribution in [3.05, 3.63) is 59.1 Å². The Morgan fingerprint density at radius 1 is 1.07 bits per heavy atom. The molecule has 0 bridgehead atoms. The molecule has 2 amide bonds. The number of hydrogen-bond acceptors (Lipinski definition) is 4. The number of carbonyl (C=O) groups excluding carboxylic acids is 2. The Bertz CT molecular complexity index is 811. The molecule has 0 radical (unpaired) electrons. The van der Waals surface area contributed by atoms with Gasteiger partial charge in [-0.05, 0) is 43.2 Å². The van der Waals surface area contributed by atoms with Crippen LogP contribution < -0.4 is 14.8 Å². The highest BCUT2D eigenvalue weighted by Crippen LogP contribution is 2.26. The second-order valence-corrected chi connectivity index (χ2v) is 6.84. The van der Waals surface area contributed by atoms with Gasteiger partial charge in [-0.3, -0.25) is 9.59 Å². The van der Waals surface area contributed by atoms with Crippen molar-refractivity contribution in [1.82, 2.24) is 10.2 Å². The van der Waals surface area contributed by atoms with Crippen LogP contribution in [0, 0.1) is 0 Å². The van der Waals surface area contributed by atoms with Crippen molar-refractivity contribution in [3.8, 4) is 11.5 Å². The van der Waals surface area contributed by atoms with Crippen molar-refractivity contribution in [1.29, 1.82) is 0 Å². The van der Waals surface area contributed by atoms with Gasteiger partial charge in [-0.25, -0.2) is 0 Å². The Morgan fingerprint density at radius 2 is 1.72 bits per heavy atom. The maximum Gasteiger partial charge on any atom is 0.261 e. The van der Waals surface area contributed by atoms with Crippen LogP contribution in [0.4, 0.5) is 0 Å². The average molecular weight is 419 g/mol. The second-order valence-electron chi connectivity index (χ2n) is 6.41. The number of likely N-dealkylation sites (N-methyl/N-ethyl adjacent to an activating group) is 1. The number of para-hydroxylation sites is 2. The number of carbonyl (C=O) groups is 2. The molecule has 2 aromatic rings. The van der Waals surface area contributed by atoms with E-state index in [1.807, 2.05) is 32.0 Å². The zero-order chi connectivity index (χ0) is 21.2. The summed E-state index contributed by atoms with van der Waals surface area (Å²) < 4.78 is 11.0. The SMILES string of the molecule is CCNC(=O)[C@@H](CC)N(Cc1ccc(Cl)cc1)C(=O)COc1ccccc1OC. The predicted octanol–water partition coefficient (Wildman–Crippen LogP) is 3.67. The van der Waals surface area contributed by atoms with Crippen LogP contribution in [-0.2, 0) is 16.1 Å². The van der Waals surface area contributed by atoms with Crippen molar-refractivity contribution in [2.75, 3.05) is 20.3 Å². The zero-order valence-corrected chi connectivity index (χ0v) is 17.7. The van der Waals surface area contributed by atoms with Gasteiger partial charge in [0, 0.05) is 18.1 Å². The summed E-state index contributed by atoms with van der Waals surface area (Å²) in [6.07, 6.45) is 0.486. The first-order chi connectivity index (χ1) is 14.0. The first-order valence-corrected chi connectivity index (χ1v) is 9.95. The number of halogens is 1. The molecule has 0 fully saturated rings. The quantitative estimate of drug-likeness (QED) is 0.639. The van der Waals surface area contributed by atoms with Crippen LogP contribution in [0.1, 0.15) is 25.8 Å². The van der Waals surface area contributed by atoms with E-state index in [0.717, 1.165) is 5.56 Å². The van der Waals surface area contributed by atoms with Gasteiger partial charge in [-0.15, -0.1) is 0 Å². The minimum absolute atomic E-state index is 0.186. The topological polar surface area (TPSA) is 67.9 Å². The van der Waals surface area contributed by atoms with Crippen molar-refractivity contribution in [2.24, 2.45) is 0 Å². The van der Waals surface area contributed by atoms with Crippen molar-refractivity contribution >= 4 is 23.4 Å². The Kier molecular flexibility index (Phi) is 8.80. The smallest absolute Gasteiger partial charge is 0.261 e. The number of nitrogens with zero attached hydrogens (tertiary/aromatic N) is 1. The first kappa shape index (κ1) is 22.6. The summed E-state index contributed by atoms with van der Waals surface area (Å²) >= 11 is 5.96. The van der Waals surface area contributed by atoms with Crippen molar-refractivity contribution in [3.63, 3.8) is 0 Å². The molecule has 0 saturated heterocycles. The van der Waals surface area contributed by atoms with Crippen LogP contribution in [0.25, 0.3) is 0 Å². The zero-order valence-electron chi connectivity index (χ0n) is 17.0. The van der Waals surface area contributed by atoms with E-state index >= 15 is 0 Å². The number of amides is 2. The van der Waals surface area contributed by atoms with Crippen LogP contribution in [0.3, 0.4) is 0 Å². The Labute approximate surface area is 176 Å². The molecule has 0 unspecified atom stereocenters. The molecule has 7 heteroatoms. The number of methoxy groups -OCH3 is 1. The molecule has 6 nitrogen and oxygen atoms in total. The second kappa shape index (κ2) is 11.3. The lowest BCUT2D eigenvalue weighted by atomic mass is 10.1. The fourth-order valence-corrected chi connectivity index (χ4v) is 3.08. The standard InChI is InChI=1S/C22H27ClN2O4/c1-4-18(22(27)24-5-2)25(14-16-10-12-17(23)13-11-16)21(26)15-29-20-9-7-6-8-19(20)28-3/h6-13,18H,4-5,14-15H2,1-3H3,(H,24,27)/t18-/m1/s1. The molecule has 0 aromatic heterocycles. The van der Waals surface area contributed by atoms with Crippen molar-refractivity contribution in [2.45, 2.75) is 32.9 Å². The van der Waals surface area contributed by atoms with E-state index in [-0.39, 0.29) is 25.0 Å². The van der Waals surface area contributed by atoms with Crippen LogP contribution in [0.15, 0.2) is 48.5 Å². The van der Waals surface area contributed by atoms with Gasteiger partial charge in [0.2, 0.25) is 5.91 Å². The van der Waals surface area contributed by atoms with Crippen LogP contribution in [-0.4, -0.2) is 43.0 Å². The molecule has 0 aliphatic carbocycles. The molecule has 29 heavy (non-hydrogen) atoms. The molecule has 0 aliphatic heterocycles. The van der Waals surface area contributed by atoms with E-state index < -0.39 is 6.04 Å². The highest BCUT2D eigenvalue weighted by molar-refractivity contribution is 6.30. The lowest BCUT2D eigenvalue weighted by Crippen LogP contribution is -2.50. The number of nitrogens with one attached hydrogen (secondary N) is 1. The minimum atomic E-state index is -0.598. The molecule has 1 atom stereocenters.